The maximum atomic E-state index is 11.5. The van der Waals surface area contributed by atoms with Crippen LogP contribution in [0.25, 0.3) is 0 Å². The smallest absolute Gasteiger partial charge is 0.337 e. The minimum Gasteiger partial charge on any atom is -0.495 e. The minimum atomic E-state index is -0.397. The number of thiazole rings is 1. The van der Waals surface area contributed by atoms with Crippen molar-refractivity contribution in [2.24, 2.45) is 0 Å². The van der Waals surface area contributed by atoms with Crippen LogP contribution in [0.3, 0.4) is 0 Å². The Bertz CT molecular complexity index is 618. The molecule has 0 fully saturated rings. The number of esters is 1. The highest BCUT2D eigenvalue weighted by Gasteiger charge is 2.11. The van der Waals surface area contributed by atoms with Gasteiger partial charge in [0.1, 0.15) is 10.8 Å². The predicted octanol–water partition coefficient (Wildman–Crippen LogP) is 3.82. The van der Waals surface area contributed by atoms with Gasteiger partial charge in [-0.3, -0.25) is 0 Å². The van der Waals surface area contributed by atoms with Gasteiger partial charge in [-0.1, -0.05) is 0 Å². The Morgan fingerprint density at radius 1 is 1.45 bits per heavy atom. The van der Waals surface area contributed by atoms with Crippen molar-refractivity contribution < 1.29 is 14.3 Å². The van der Waals surface area contributed by atoms with Gasteiger partial charge in [0.2, 0.25) is 0 Å². The largest absolute Gasteiger partial charge is 0.495 e. The van der Waals surface area contributed by atoms with E-state index in [0.29, 0.717) is 11.3 Å². The average molecular weight is 375 g/mol. The van der Waals surface area contributed by atoms with Gasteiger partial charge in [0.25, 0.3) is 0 Å². The molecule has 0 amide bonds. The first kappa shape index (κ1) is 15.1. The van der Waals surface area contributed by atoms with Crippen LogP contribution in [0.2, 0.25) is 0 Å². The SMILES string of the molecule is COC(=O)c1ccc(NSc2csc(Br)n2)c(OC)c1. The Labute approximate surface area is 133 Å². The van der Waals surface area contributed by atoms with Crippen molar-refractivity contribution in [1.29, 1.82) is 0 Å². The van der Waals surface area contributed by atoms with E-state index in [1.807, 2.05) is 5.38 Å². The number of nitrogens with one attached hydrogen (secondary N) is 1. The molecule has 8 heteroatoms. The normalized spacial score (nSPS) is 10.2. The second-order valence-corrected chi connectivity index (χ2v) is 6.51. The lowest BCUT2D eigenvalue weighted by molar-refractivity contribution is 0.0600. The molecule has 0 aliphatic rings. The quantitative estimate of drug-likeness (QED) is 0.633. The zero-order valence-electron chi connectivity index (χ0n) is 10.7. The number of carbonyl (C=O) groups is 1. The van der Waals surface area contributed by atoms with E-state index in [2.05, 4.69) is 30.4 Å². The fraction of sp³-hybridized carbons (Fsp3) is 0.167. The van der Waals surface area contributed by atoms with Gasteiger partial charge in [-0.2, -0.15) is 0 Å². The molecule has 0 atom stereocenters. The van der Waals surface area contributed by atoms with Crippen molar-refractivity contribution in [2.75, 3.05) is 18.9 Å². The van der Waals surface area contributed by atoms with Crippen LogP contribution >= 0.6 is 39.2 Å². The van der Waals surface area contributed by atoms with E-state index in [1.165, 1.54) is 30.4 Å². The van der Waals surface area contributed by atoms with Gasteiger partial charge in [0.05, 0.1) is 25.5 Å². The van der Waals surface area contributed by atoms with Gasteiger partial charge < -0.3 is 14.2 Å². The van der Waals surface area contributed by atoms with Gasteiger partial charge in [-0.05, 0) is 34.1 Å². The molecule has 1 aromatic carbocycles. The second kappa shape index (κ2) is 6.96. The number of benzene rings is 1. The monoisotopic (exact) mass is 374 g/mol. The number of aromatic nitrogens is 1. The molecule has 0 radical (unpaired) electrons. The number of rotatable bonds is 5. The average Bonchev–Trinajstić information content (AvgIpc) is 2.89. The first-order valence-corrected chi connectivity index (χ1v) is 7.93. The van der Waals surface area contributed by atoms with Crippen LogP contribution in [-0.4, -0.2) is 25.2 Å². The van der Waals surface area contributed by atoms with E-state index in [0.717, 1.165) is 14.6 Å². The highest BCUT2D eigenvalue weighted by Crippen LogP contribution is 2.31. The lowest BCUT2D eigenvalue weighted by Gasteiger charge is -2.10. The van der Waals surface area contributed by atoms with Crippen molar-refractivity contribution in [3.63, 3.8) is 0 Å². The summed E-state index contributed by atoms with van der Waals surface area (Å²) in [5, 5.41) is 2.78. The van der Waals surface area contributed by atoms with Crippen LogP contribution in [0, 0.1) is 0 Å². The summed E-state index contributed by atoms with van der Waals surface area (Å²) in [5.74, 6) is 0.167. The molecule has 1 heterocycles. The summed E-state index contributed by atoms with van der Waals surface area (Å²) in [7, 11) is 2.89. The summed E-state index contributed by atoms with van der Waals surface area (Å²) in [6, 6.07) is 5.07. The number of carbonyl (C=O) groups excluding carboxylic acids is 1. The molecule has 106 valence electrons. The van der Waals surface area contributed by atoms with E-state index < -0.39 is 5.97 Å². The maximum absolute atomic E-state index is 11.5. The lowest BCUT2D eigenvalue weighted by Crippen LogP contribution is -2.02. The summed E-state index contributed by atoms with van der Waals surface area (Å²) in [6.45, 7) is 0. The number of nitrogens with zero attached hydrogens (tertiary/aromatic N) is 1. The molecule has 0 saturated carbocycles. The summed E-state index contributed by atoms with van der Waals surface area (Å²) in [5.41, 5.74) is 1.20. The van der Waals surface area contributed by atoms with Crippen molar-refractivity contribution in [3.05, 3.63) is 33.1 Å². The first-order valence-electron chi connectivity index (χ1n) is 5.44. The molecule has 2 aromatic rings. The van der Waals surface area contributed by atoms with Crippen LogP contribution in [0.15, 0.2) is 32.5 Å². The lowest BCUT2D eigenvalue weighted by atomic mass is 10.2. The van der Waals surface area contributed by atoms with Crippen LogP contribution in [0.4, 0.5) is 5.69 Å². The zero-order valence-corrected chi connectivity index (χ0v) is 13.9. The third-order valence-corrected chi connectivity index (χ3v) is 4.60. The summed E-state index contributed by atoms with van der Waals surface area (Å²) >= 11 is 6.19. The van der Waals surface area contributed by atoms with Crippen LogP contribution in [-0.2, 0) is 4.74 Å². The third-order valence-electron chi connectivity index (χ3n) is 2.34. The van der Waals surface area contributed by atoms with Crippen molar-refractivity contribution in [1.82, 2.24) is 4.98 Å². The Balaban J connectivity index is 2.13. The number of hydrogen-bond donors (Lipinski definition) is 1. The summed E-state index contributed by atoms with van der Waals surface area (Å²) in [4.78, 5) is 15.7. The minimum absolute atomic E-state index is 0.397. The molecule has 20 heavy (non-hydrogen) atoms. The number of halogens is 1. The van der Waals surface area contributed by atoms with E-state index in [4.69, 9.17) is 4.74 Å². The molecular formula is C12H11BrN2O3S2. The number of methoxy groups -OCH3 is 2. The van der Waals surface area contributed by atoms with Gasteiger partial charge in [0.15, 0.2) is 3.92 Å². The number of ether oxygens (including phenoxy) is 2. The Hall–Kier alpha value is -1.25. The maximum Gasteiger partial charge on any atom is 0.337 e. The van der Waals surface area contributed by atoms with Gasteiger partial charge in [-0.15, -0.1) is 11.3 Å². The van der Waals surface area contributed by atoms with E-state index >= 15 is 0 Å². The fourth-order valence-electron chi connectivity index (χ4n) is 1.41. The highest BCUT2D eigenvalue weighted by atomic mass is 79.9. The van der Waals surface area contributed by atoms with Crippen LogP contribution in [0.5, 0.6) is 5.75 Å². The Morgan fingerprint density at radius 2 is 2.25 bits per heavy atom. The van der Waals surface area contributed by atoms with E-state index in [1.54, 1.807) is 25.3 Å². The van der Waals surface area contributed by atoms with E-state index in [9.17, 15) is 4.79 Å². The third kappa shape index (κ3) is 3.65. The van der Waals surface area contributed by atoms with Gasteiger partial charge in [0, 0.05) is 17.3 Å². The topological polar surface area (TPSA) is 60.5 Å². The Morgan fingerprint density at radius 3 is 2.85 bits per heavy atom. The molecule has 1 N–H and O–H groups in total. The van der Waals surface area contributed by atoms with Gasteiger partial charge >= 0.3 is 5.97 Å². The molecule has 2 rings (SSSR count). The first-order chi connectivity index (χ1) is 9.63. The summed E-state index contributed by atoms with van der Waals surface area (Å²) < 4.78 is 13.9. The standard InChI is InChI=1S/C12H11BrN2O3S2/c1-17-9-5-7(11(16)18-2)3-4-8(9)15-20-10-6-19-12(13)14-10/h3-6,15H,1-2H3. The molecule has 0 saturated heterocycles. The molecule has 0 unspecified atom stereocenters. The highest BCUT2D eigenvalue weighted by molar-refractivity contribution is 9.11. The number of hydrogen-bond acceptors (Lipinski definition) is 7. The zero-order chi connectivity index (χ0) is 14.5. The van der Waals surface area contributed by atoms with Crippen molar-refractivity contribution in [2.45, 2.75) is 5.03 Å². The molecule has 0 spiro atoms. The molecule has 0 aliphatic carbocycles. The molecule has 5 nitrogen and oxygen atoms in total. The second-order valence-electron chi connectivity index (χ2n) is 3.55. The van der Waals surface area contributed by atoms with Crippen LogP contribution < -0.4 is 9.46 Å². The molecule has 1 aromatic heterocycles. The predicted molar refractivity (Wildman–Crippen MR) is 83.6 cm³/mol. The van der Waals surface area contributed by atoms with Gasteiger partial charge in [-0.25, -0.2) is 9.78 Å². The van der Waals surface area contributed by atoms with E-state index in [-0.39, 0.29) is 0 Å². The fourth-order valence-corrected chi connectivity index (χ4v) is 3.32. The molecule has 0 aliphatic heterocycles. The van der Waals surface area contributed by atoms with Crippen molar-refractivity contribution >= 4 is 50.9 Å². The van der Waals surface area contributed by atoms with Crippen LogP contribution in [0.1, 0.15) is 10.4 Å². The Kier molecular flexibility index (Phi) is 5.27. The van der Waals surface area contributed by atoms with Crippen molar-refractivity contribution in [3.8, 4) is 5.75 Å². The molecule has 0 bridgehead atoms. The summed E-state index contributed by atoms with van der Waals surface area (Å²) in [6.07, 6.45) is 0. The number of anilines is 1. The molecular weight excluding hydrogens is 364 g/mol.